The minimum atomic E-state index is 0.402. The predicted octanol–water partition coefficient (Wildman–Crippen LogP) is 4.23. The van der Waals surface area contributed by atoms with Gasteiger partial charge in [-0.2, -0.15) is 4.98 Å². The molecule has 4 nitrogen and oxygen atoms in total. The molecule has 0 fully saturated rings. The number of rotatable bonds is 3. The largest absolute Gasteiger partial charge is 0.338 e. The van der Waals surface area contributed by atoms with Crippen LogP contribution in [0.3, 0.4) is 0 Å². The van der Waals surface area contributed by atoms with Gasteiger partial charge in [0.05, 0.1) is 6.54 Å². The van der Waals surface area contributed by atoms with E-state index in [-0.39, 0.29) is 0 Å². The Morgan fingerprint density at radius 1 is 1.35 bits per heavy atom. The van der Waals surface area contributed by atoms with Crippen molar-refractivity contribution in [3.05, 3.63) is 57.6 Å². The van der Waals surface area contributed by atoms with E-state index in [0.29, 0.717) is 24.3 Å². The molecule has 0 radical (unpaired) electrons. The van der Waals surface area contributed by atoms with Crippen LogP contribution in [0.2, 0.25) is 0 Å². The number of hydrogen-bond donors (Lipinski definition) is 0. The topological polar surface area (TPSA) is 42.2 Å². The minimum absolute atomic E-state index is 0.402. The summed E-state index contributed by atoms with van der Waals surface area (Å²) in [5.41, 5.74) is 3.65. The highest BCUT2D eigenvalue weighted by atomic mass is 32.1. The molecule has 4 rings (SSSR count). The zero-order chi connectivity index (χ0) is 15.8. The summed E-state index contributed by atoms with van der Waals surface area (Å²) in [4.78, 5) is 8.50. The van der Waals surface area contributed by atoms with E-state index in [1.54, 1.807) is 0 Å². The number of benzene rings is 1. The molecule has 5 heteroatoms. The second kappa shape index (κ2) is 5.91. The first-order valence-corrected chi connectivity index (χ1v) is 8.78. The normalized spacial score (nSPS) is 18.1. The lowest BCUT2D eigenvalue weighted by molar-refractivity contribution is 0.167. The molecule has 118 valence electrons. The smallest absolute Gasteiger partial charge is 0.241 e. The minimum Gasteiger partial charge on any atom is -0.338 e. The summed E-state index contributed by atoms with van der Waals surface area (Å²) in [6.45, 7) is 6.06. The Morgan fingerprint density at radius 3 is 3.13 bits per heavy atom. The van der Waals surface area contributed by atoms with Crippen LogP contribution in [0.25, 0.3) is 11.4 Å². The van der Waals surface area contributed by atoms with Gasteiger partial charge in [0.15, 0.2) is 0 Å². The summed E-state index contributed by atoms with van der Waals surface area (Å²) in [5, 5.41) is 6.33. The third-order valence-electron chi connectivity index (χ3n) is 4.49. The van der Waals surface area contributed by atoms with Crippen LogP contribution < -0.4 is 0 Å². The summed E-state index contributed by atoms with van der Waals surface area (Å²) in [6.07, 6.45) is 1.11. The molecule has 0 saturated heterocycles. The Bertz CT molecular complexity index is 823. The number of thiophene rings is 1. The summed E-state index contributed by atoms with van der Waals surface area (Å²) in [5.74, 6) is 1.36. The monoisotopic (exact) mass is 325 g/mol. The number of fused-ring (bicyclic) bond motifs is 1. The fraction of sp³-hybridized carbons (Fsp3) is 0.333. The molecule has 0 saturated carbocycles. The Morgan fingerprint density at radius 2 is 2.26 bits per heavy atom. The molecule has 23 heavy (non-hydrogen) atoms. The van der Waals surface area contributed by atoms with Gasteiger partial charge in [0.2, 0.25) is 11.7 Å². The molecule has 1 aliphatic heterocycles. The molecule has 3 heterocycles. The van der Waals surface area contributed by atoms with Gasteiger partial charge < -0.3 is 4.52 Å². The van der Waals surface area contributed by atoms with Crippen LogP contribution >= 0.6 is 11.3 Å². The van der Waals surface area contributed by atoms with E-state index >= 15 is 0 Å². The van der Waals surface area contributed by atoms with Gasteiger partial charge in [0.1, 0.15) is 0 Å². The lowest BCUT2D eigenvalue weighted by atomic mass is 10.0. The van der Waals surface area contributed by atoms with Crippen LogP contribution in [0.15, 0.2) is 40.2 Å². The maximum Gasteiger partial charge on any atom is 0.241 e. The number of aromatic nitrogens is 2. The quantitative estimate of drug-likeness (QED) is 0.723. The van der Waals surface area contributed by atoms with E-state index in [4.69, 9.17) is 4.52 Å². The SMILES string of the molecule is Cc1cccc(-c2noc(CN3CCc4sccc4[C@@H]3C)n2)c1. The second-order valence-corrected chi connectivity index (χ2v) is 7.08. The first kappa shape index (κ1) is 14.6. The standard InChI is InChI=1S/C18H19N3OS/c1-12-4-3-5-14(10-12)18-19-17(22-20-18)11-21-8-6-16-15(13(21)2)7-9-23-16/h3-5,7,9-10,13H,6,8,11H2,1-2H3/t13-/m0/s1. The molecule has 1 aromatic carbocycles. The van der Waals surface area contributed by atoms with Crippen LogP contribution in [0, 0.1) is 6.92 Å². The average molecular weight is 325 g/mol. The van der Waals surface area contributed by atoms with E-state index in [9.17, 15) is 0 Å². The van der Waals surface area contributed by atoms with Crippen LogP contribution in [0.1, 0.15) is 34.9 Å². The highest BCUT2D eigenvalue weighted by molar-refractivity contribution is 7.10. The predicted molar refractivity (Wildman–Crippen MR) is 91.3 cm³/mol. The van der Waals surface area contributed by atoms with Gasteiger partial charge in [-0.3, -0.25) is 4.90 Å². The Kier molecular flexibility index (Phi) is 3.75. The molecule has 0 unspecified atom stereocenters. The van der Waals surface area contributed by atoms with Gasteiger partial charge in [0.25, 0.3) is 0 Å². The Hall–Kier alpha value is -1.98. The molecule has 2 aromatic heterocycles. The van der Waals surface area contributed by atoms with Crippen molar-refractivity contribution in [1.29, 1.82) is 0 Å². The lowest BCUT2D eigenvalue weighted by Crippen LogP contribution is -2.32. The van der Waals surface area contributed by atoms with E-state index in [2.05, 4.69) is 52.5 Å². The Balaban J connectivity index is 1.52. The van der Waals surface area contributed by atoms with Crippen molar-refractivity contribution < 1.29 is 4.52 Å². The first-order valence-electron chi connectivity index (χ1n) is 7.90. The lowest BCUT2D eigenvalue weighted by Gasteiger charge is -2.32. The number of aryl methyl sites for hydroxylation is 1. The molecule has 0 N–H and O–H groups in total. The van der Waals surface area contributed by atoms with E-state index in [0.717, 1.165) is 18.5 Å². The summed E-state index contributed by atoms with van der Waals surface area (Å²) in [6, 6.07) is 10.8. The molecular weight excluding hydrogens is 306 g/mol. The molecule has 0 amide bonds. The van der Waals surface area contributed by atoms with Crippen molar-refractivity contribution in [2.45, 2.75) is 32.9 Å². The van der Waals surface area contributed by atoms with E-state index < -0.39 is 0 Å². The van der Waals surface area contributed by atoms with Crippen molar-refractivity contribution >= 4 is 11.3 Å². The van der Waals surface area contributed by atoms with Gasteiger partial charge in [-0.05, 0) is 43.3 Å². The average Bonchev–Trinajstić information content (AvgIpc) is 3.20. The van der Waals surface area contributed by atoms with E-state index in [1.807, 2.05) is 23.5 Å². The van der Waals surface area contributed by atoms with Crippen molar-refractivity contribution in [3.63, 3.8) is 0 Å². The van der Waals surface area contributed by atoms with Crippen LogP contribution in [-0.2, 0) is 13.0 Å². The zero-order valence-electron chi connectivity index (χ0n) is 13.3. The first-order chi connectivity index (χ1) is 11.2. The highest BCUT2D eigenvalue weighted by Gasteiger charge is 2.26. The van der Waals surface area contributed by atoms with Crippen LogP contribution in [-0.4, -0.2) is 21.6 Å². The van der Waals surface area contributed by atoms with Crippen LogP contribution in [0.5, 0.6) is 0 Å². The van der Waals surface area contributed by atoms with Crippen molar-refractivity contribution in [2.24, 2.45) is 0 Å². The van der Waals surface area contributed by atoms with Crippen LogP contribution in [0.4, 0.5) is 0 Å². The number of nitrogens with zero attached hydrogens (tertiary/aromatic N) is 3. The van der Waals surface area contributed by atoms with E-state index in [1.165, 1.54) is 16.0 Å². The van der Waals surface area contributed by atoms with Crippen molar-refractivity contribution in [2.75, 3.05) is 6.54 Å². The number of hydrogen-bond acceptors (Lipinski definition) is 5. The third-order valence-corrected chi connectivity index (χ3v) is 5.48. The van der Waals surface area contributed by atoms with Gasteiger partial charge in [0, 0.05) is 23.0 Å². The summed E-state index contributed by atoms with van der Waals surface area (Å²) < 4.78 is 5.48. The molecule has 0 bridgehead atoms. The maximum absolute atomic E-state index is 5.48. The summed E-state index contributed by atoms with van der Waals surface area (Å²) >= 11 is 1.86. The maximum atomic E-state index is 5.48. The molecule has 0 spiro atoms. The van der Waals surface area contributed by atoms with Crippen molar-refractivity contribution in [1.82, 2.24) is 15.0 Å². The third kappa shape index (κ3) is 2.82. The van der Waals surface area contributed by atoms with Gasteiger partial charge >= 0.3 is 0 Å². The molecule has 1 aliphatic rings. The highest BCUT2D eigenvalue weighted by Crippen LogP contribution is 2.33. The second-order valence-electron chi connectivity index (χ2n) is 6.08. The summed E-state index contributed by atoms with van der Waals surface area (Å²) in [7, 11) is 0. The van der Waals surface area contributed by atoms with Crippen molar-refractivity contribution in [3.8, 4) is 11.4 Å². The molecular formula is C18H19N3OS. The fourth-order valence-electron chi connectivity index (χ4n) is 3.17. The zero-order valence-corrected chi connectivity index (χ0v) is 14.1. The molecule has 3 aromatic rings. The van der Waals surface area contributed by atoms with Gasteiger partial charge in [-0.25, -0.2) is 0 Å². The van der Waals surface area contributed by atoms with Gasteiger partial charge in [-0.1, -0.05) is 28.9 Å². The fourth-order valence-corrected chi connectivity index (χ4v) is 4.13. The Labute approximate surface area is 139 Å². The molecule has 1 atom stereocenters. The van der Waals surface area contributed by atoms with Gasteiger partial charge in [-0.15, -0.1) is 11.3 Å². The molecule has 0 aliphatic carbocycles.